The summed E-state index contributed by atoms with van der Waals surface area (Å²) in [4.78, 5) is 11.0. The van der Waals surface area contributed by atoms with Gasteiger partial charge in [0.1, 0.15) is 0 Å². The summed E-state index contributed by atoms with van der Waals surface area (Å²) in [5, 5.41) is 9.14. The molecule has 27 heavy (non-hydrogen) atoms. The molecule has 9 heteroatoms. The Morgan fingerprint density at radius 2 is 1.78 bits per heavy atom. The second-order valence-electron chi connectivity index (χ2n) is 6.75. The summed E-state index contributed by atoms with van der Waals surface area (Å²) in [5.74, 6) is -1.26. The quantitative estimate of drug-likeness (QED) is 0.608. The van der Waals surface area contributed by atoms with Gasteiger partial charge in [0.15, 0.2) is 0 Å². The molecule has 1 N–H and O–H groups in total. The van der Waals surface area contributed by atoms with Crippen LogP contribution in [0.2, 0.25) is 0 Å². The second kappa shape index (κ2) is 8.60. The number of hydrogen-bond donors (Lipinski definition) is 1. The lowest BCUT2D eigenvalue weighted by molar-refractivity contribution is -0.138. The first kappa shape index (κ1) is 21.7. The molecule has 0 saturated carbocycles. The van der Waals surface area contributed by atoms with E-state index < -0.39 is 40.2 Å². The summed E-state index contributed by atoms with van der Waals surface area (Å²) in [7, 11) is -4.00. The molecule has 1 aromatic carbocycles. The predicted molar refractivity (Wildman–Crippen MR) is 93.7 cm³/mol. The van der Waals surface area contributed by atoms with Crippen molar-refractivity contribution in [2.45, 2.75) is 69.0 Å². The molecule has 1 heterocycles. The van der Waals surface area contributed by atoms with Gasteiger partial charge in [-0.05, 0) is 30.2 Å². The summed E-state index contributed by atoms with van der Waals surface area (Å²) in [6.07, 6.45) is 0.290. The largest absolute Gasteiger partial charge is 0.481 e. The maximum Gasteiger partial charge on any atom is 0.416 e. The SMILES string of the molecule is CCCCCCCCN1[C@@H](CC(=O)O)c2cc(C(F)(F)F)ccc2S1(=O)=O. The maximum atomic E-state index is 13.0. The van der Waals surface area contributed by atoms with E-state index in [-0.39, 0.29) is 17.0 Å². The number of carboxylic acid groups (broad SMARTS) is 1. The zero-order valence-corrected chi connectivity index (χ0v) is 15.9. The van der Waals surface area contributed by atoms with Crippen LogP contribution in [0.1, 0.15) is 69.0 Å². The first-order valence-corrected chi connectivity index (χ1v) is 10.5. The minimum absolute atomic E-state index is 0.0850. The van der Waals surface area contributed by atoms with Crippen molar-refractivity contribution in [1.29, 1.82) is 0 Å². The molecule has 0 amide bonds. The summed E-state index contributed by atoms with van der Waals surface area (Å²) >= 11 is 0. The van der Waals surface area contributed by atoms with Gasteiger partial charge < -0.3 is 5.11 Å². The number of halogens is 3. The molecule has 0 aliphatic carbocycles. The van der Waals surface area contributed by atoms with Gasteiger partial charge in [0.2, 0.25) is 10.0 Å². The molecule has 0 bridgehead atoms. The van der Waals surface area contributed by atoms with E-state index >= 15 is 0 Å². The second-order valence-corrected chi connectivity index (χ2v) is 8.61. The number of fused-ring (bicyclic) bond motifs is 1. The average molecular weight is 407 g/mol. The Balaban J connectivity index is 2.26. The Hall–Kier alpha value is -1.61. The fraction of sp³-hybridized carbons (Fsp3) is 0.611. The van der Waals surface area contributed by atoms with E-state index in [0.717, 1.165) is 54.6 Å². The van der Waals surface area contributed by atoms with Gasteiger partial charge in [-0.25, -0.2) is 8.42 Å². The van der Waals surface area contributed by atoms with Crippen LogP contribution in [0.5, 0.6) is 0 Å². The van der Waals surface area contributed by atoms with Gasteiger partial charge in [-0.3, -0.25) is 4.79 Å². The Labute approximate surface area is 157 Å². The van der Waals surface area contributed by atoms with Gasteiger partial charge in [-0.2, -0.15) is 17.5 Å². The van der Waals surface area contributed by atoms with Crippen molar-refractivity contribution in [2.75, 3.05) is 6.54 Å². The molecule has 5 nitrogen and oxygen atoms in total. The fourth-order valence-electron chi connectivity index (χ4n) is 3.37. The number of sulfonamides is 1. The summed E-state index contributed by atoms with van der Waals surface area (Å²) in [6.45, 7) is 2.18. The molecule has 0 saturated heterocycles. The highest BCUT2D eigenvalue weighted by molar-refractivity contribution is 7.89. The molecule has 0 aromatic heterocycles. The average Bonchev–Trinajstić information content (AvgIpc) is 2.77. The number of benzene rings is 1. The molecule has 0 radical (unpaired) electrons. The molecule has 0 spiro atoms. The van der Waals surface area contributed by atoms with Crippen LogP contribution in [0.4, 0.5) is 13.2 Å². The van der Waals surface area contributed by atoms with E-state index in [1.54, 1.807) is 0 Å². The molecule has 152 valence electrons. The summed E-state index contributed by atoms with van der Waals surface area (Å²) < 4.78 is 65.6. The van der Waals surface area contributed by atoms with Gasteiger partial charge in [-0.15, -0.1) is 0 Å². The van der Waals surface area contributed by atoms with Crippen molar-refractivity contribution in [3.63, 3.8) is 0 Å². The van der Waals surface area contributed by atoms with E-state index in [1.807, 2.05) is 0 Å². The number of alkyl halides is 3. The first-order valence-electron chi connectivity index (χ1n) is 9.03. The van der Waals surface area contributed by atoms with Crippen LogP contribution in [0.15, 0.2) is 23.1 Å². The molecule has 1 atom stereocenters. The lowest BCUT2D eigenvalue weighted by Crippen LogP contribution is -2.30. The van der Waals surface area contributed by atoms with Crippen molar-refractivity contribution >= 4 is 16.0 Å². The Kier molecular flexibility index (Phi) is 6.91. The number of aliphatic carboxylic acids is 1. The molecule has 0 unspecified atom stereocenters. The van der Waals surface area contributed by atoms with Crippen LogP contribution in [-0.4, -0.2) is 30.3 Å². The number of unbranched alkanes of at least 4 members (excludes halogenated alkanes) is 5. The monoisotopic (exact) mass is 407 g/mol. The zero-order valence-electron chi connectivity index (χ0n) is 15.1. The predicted octanol–water partition coefficient (Wildman–Crippen LogP) is 4.59. The lowest BCUT2D eigenvalue weighted by Gasteiger charge is -2.22. The number of hydrogen-bond acceptors (Lipinski definition) is 3. The summed E-state index contributed by atoms with van der Waals surface area (Å²) in [6, 6.07) is 1.31. The van der Waals surface area contributed by atoms with Crippen LogP contribution in [0, 0.1) is 0 Å². The van der Waals surface area contributed by atoms with Crippen molar-refractivity contribution in [3.8, 4) is 0 Å². The number of carboxylic acids is 1. The third-order valence-electron chi connectivity index (χ3n) is 4.73. The molecule has 1 aromatic rings. The maximum absolute atomic E-state index is 13.0. The van der Waals surface area contributed by atoms with Crippen LogP contribution < -0.4 is 0 Å². The third-order valence-corrected chi connectivity index (χ3v) is 6.71. The van der Waals surface area contributed by atoms with Gasteiger partial charge in [0, 0.05) is 6.54 Å². The Morgan fingerprint density at radius 1 is 1.15 bits per heavy atom. The van der Waals surface area contributed by atoms with E-state index in [1.165, 1.54) is 0 Å². The van der Waals surface area contributed by atoms with Crippen molar-refractivity contribution < 1.29 is 31.5 Å². The molecule has 1 aliphatic rings. The summed E-state index contributed by atoms with van der Waals surface area (Å²) in [5.41, 5.74) is -1.06. The van der Waals surface area contributed by atoms with Crippen molar-refractivity contribution in [3.05, 3.63) is 29.3 Å². The third kappa shape index (κ3) is 5.01. The van der Waals surface area contributed by atoms with Crippen LogP contribution in [-0.2, 0) is 21.0 Å². The van der Waals surface area contributed by atoms with Gasteiger partial charge in [0.25, 0.3) is 0 Å². The number of rotatable bonds is 9. The lowest BCUT2D eigenvalue weighted by atomic mass is 10.0. The van der Waals surface area contributed by atoms with E-state index in [4.69, 9.17) is 5.11 Å². The zero-order chi connectivity index (χ0) is 20.2. The van der Waals surface area contributed by atoms with Crippen LogP contribution in [0.25, 0.3) is 0 Å². The van der Waals surface area contributed by atoms with E-state index in [9.17, 15) is 26.4 Å². The Morgan fingerprint density at radius 3 is 2.37 bits per heavy atom. The minimum Gasteiger partial charge on any atom is -0.481 e. The molecule has 0 fully saturated rings. The molecule has 2 rings (SSSR count). The van der Waals surface area contributed by atoms with Gasteiger partial charge in [0.05, 0.1) is 22.9 Å². The first-order chi connectivity index (χ1) is 12.6. The van der Waals surface area contributed by atoms with Gasteiger partial charge in [-0.1, -0.05) is 39.0 Å². The molecule has 1 aliphatic heterocycles. The molecular formula is C18H24F3NO4S. The normalized spacial score (nSPS) is 19.2. The molecular weight excluding hydrogens is 383 g/mol. The number of nitrogens with zero attached hydrogens (tertiary/aromatic N) is 1. The van der Waals surface area contributed by atoms with Crippen molar-refractivity contribution in [1.82, 2.24) is 4.31 Å². The van der Waals surface area contributed by atoms with E-state index in [0.29, 0.717) is 6.42 Å². The highest BCUT2D eigenvalue weighted by atomic mass is 32.2. The minimum atomic E-state index is -4.63. The topological polar surface area (TPSA) is 74.7 Å². The van der Waals surface area contributed by atoms with Crippen LogP contribution >= 0.6 is 0 Å². The van der Waals surface area contributed by atoms with E-state index in [2.05, 4.69) is 6.92 Å². The van der Waals surface area contributed by atoms with Gasteiger partial charge >= 0.3 is 12.1 Å². The van der Waals surface area contributed by atoms with Crippen molar-refractivity contribution in [2.24, 2.45) is 0 Å². The smallest absolute Gasteiger partial charge is 0.416 e. The highest BCUT2D eigenvalue weighted by Gasteiger charge is 2.44. The Bertz CT molecular complexity index is 777. The number of carbonyl (C=O) groups is 1. The van der Waals surface area contributed by atoms with Crippen LogP contribution in [0.3, 0.4) is 0 Å². The standard InChI is InChI=1S/C18H24F3NO4S/c1-2-3-4-5-6-7-10-22-15(12-17(23)24)14-11-13(18(19,20)21)8-9-16(14)27(22,25)26/h8-9,11,15H,2-7,10,12H2,1H3,(H,23,24)/t15-/m0/s1. The fourth-order valence-corrected chi connectivity index (χ4v) is 5.25. The highest BCUT2D eigenvalue weighted by Crippen LogP contribution is 2.44.